The number of carbonyl (C=O) groups is 1. The molecule has 0 fully saturated rings. The zero-order chi connectivity index (χ0) is 27.1. The van der Waals surface area contributed by atoms with Crippen LogP contribution in [0.1, 0.15) is 37.5 Å². The van der Waals surface area contributed by atoms with Crippen LogP contribution in [-0.4, -0.2) is 40.4 Å². The fourth-order valence-electron chi connectivity index (χ4n) is 3.19. The summed E-state index contributed by atoms with van der Waals surface area (Å²) in [6.45, 7) is 7.40. The maximum atomic E-state index is 12.2. The Balaban J connectivity index is 1.48. The van der Waals surface area contributed by atoms with Crippen LogP contribution < -0.4 is 9.64 Å². The third-order valence-corrected chi connectivity index (χ3v) is 6.52. The molecule has 0 N–H and O–H groups in total. The van der Waals surface area contributed by atoms with Crippen LogP contribution in [0.25, 0.3) is 12.2 Å². The first-order valence-electron chi connectivity index (χ1n) is 11.9. The highest BCUT2D eigenvalue weighted by Crippen LogP contribution is 2.20. The molecule has 0 heterocycles. The van der Waals surface area contributed by atoms with E-state index in [-0.39, 0.29) is 18.1 Å². The van der Waals surface area contributed by atoms with Gasteiger partial charge in [-0.2, -0.15) is 8.42 Å². The number of aryl methyl sites for hydroxylation is 1. The molecule has 0 aliphatic heterocycles. The summed E-state index contributed by atoms with van der Waals surface area (Å²) < 4.78 is 40.5. The Hall–Kier alpha value is -3.62. The van der Waals surface area contributed by atoms with E-state index in [0.717, 1.165) is 22.4 Å². The van der Waals surface area contributed by atoms with Crippen molar-refractivity contribution in [3.63, 3.8) is 0 Å². The molecule has 0 radical (unpaired) electrons. The maximum Gasteiger partial charge on any atom is 0.414 e. The van der Waals surface area contributed by atoms with Crippen molar-refractivity contribution in [1.29, 1.82) is 0 Å². The van der Waals surface area contributed by atoms with Crippen LogP contribution >= 0.6 is 0 Å². The highest BCUT2D eigenvalue weighted by atomic mass is 32.2. The second-order valence-electron chi connectivity index (χ2n) is 9.47. The van der Waals surface area contributed by atoms with Gasteiger partial charge in [-0.25, -0.2) is 4.79 Å². The van der Waals surface area contributed by atoms with Gasteiger partial charge in [0.2, 0.25) is 0 Å². The summed E-state index contributed by atoms with van der Waals surface area (Å²) in [6.07, 6.45) is 3.53. The van der Waals surface area contributed by atoms with E-state index in [4.69, 9.17) is 13.7 Å². The van der Waals surface area contributed by atoms with E-state index in [0.29, 0.717) is 5.75 Å². The Labute approximate surface area is 219 Å². The molecule has 0 saturated carbocycles. The molecule has 1 amide bonds. The summed E-state index contributed by atoms with van der Waals surface area (Å²) in [5.41, 5.74) is 3.12. The molecule has 37 heavy (non-hydrogen) atoms. The molecule has 8 heteroatoms. The second-order valence-corrected chi connectivity index (χ2v) is 11.1. The van der Waals surface area contributed by atoms with Crippen molar-refractivity contribution >= 4 is 34.1 Å². The van der Waals surface area contributed by atoms with Gasteiger partial charge in [0.1, 0.15) is 24.6 Å². The van der Waals surface area contributed by atoms with E-state index in [9.17, 15) is 13.2 Å². The second kappa shape index (κ2) is 12.1. The molecule has 0 saturated heterocycles. The Morgan fingerprint density at radius 3 is 1.92 bits per heavy atom. The number of benzene rings is 3. The van der Waals surface area contributed by atoms with Crippen LogP contribution in [-0.2, 0) is 19.0 Å². The lowest BCUT2D eigenvalue weighted by Gasteiger charge is -2.24. The van der Waals surface area contributed by atoms with E-state index in [1.165, 1.54) is 17.0 Å². The van der Waals surface area contributed by atoms with Crippen LogP contribution in [0.3, 0.4) is 0 Å². The fraction of sp³-hybridized carbons (Fsp3) is 0.276. The van der Waals surface area contributed by atoms with Gasteiger partial charge in [-0.15, -0.1) is 0 Å². The summed E-state index contributed by atoms with van der Waals surface area (Å²) in [5, 5.41) is 0. The molecule has 3 aromatic carbocycles. The zero-order valence-corrected chi connectivity index (χ0v) is 22.6. The van der Waals surface area contributed by atoms with Gasteiger partial charge < -0.3 is 9.47 Å². The first-order chi connectivity index (χ1) is 17.4. The molecule has 0 unspecified atom stereocenters. The number of anilines is 1. The van der Waals surface area contributed by atoms with Crippen LogP contribution in [0.2, 0.25) is 0 Å². The molecule has 0 atom stereocenters. The van der Waals surface area contributed by atoms with E-state index in [2.05, 4.69) is 0 Å². The molecular formula is C29H33NO6S. The number of nitrogens with zero attached hydrogens (tertiary/aromatic N) is 1. The fourth-order valence-corrected chi connectivity index (χ4v) is 4.08. The van der Waals surface area contributed by atoms with Crippen molar-refractivity contribution in [3.8, 4) is 5.75 Å². The normalized spacial score (nSPS) is 11.9. The summed E-state index contributed by atoms with van der Waals surface area (Å²) in [5.74, 6) is 0.614. The van der Waals surface area contributed by atoms with Crippen molar-refractivity contribution in [2.24, 2.45) is 0 Å². The van der Waals surface area contributed by atoms with Gasteiger partial charge in [-0.1, -0.05) is 54.1 Å². The minimum absolute atomic E-state index is 0.0863. The number of carbonyl (C=O) groups excluding carboxylic acids is 1. The molecule has 3 aromatic rings. The maximum absolute atomic E-state index is 12.2. The van der Waals surface area contributed by atoms with Gasteiger partial charge in [0.25, 0.3) is 10.1 Å². The van der Waals surface area contributed by atoms with Crippen molar-refractivity contribution in [2.45, 2.75) is 38.2 Å². The molecule has 7 nitrogen and oxygen atoms in total. The topological polar surface area (TPSA) is 82.1 Å². The largest absolute Gasteiger partial charge is 0.491 e. The summed E-state index contributed by atoms with van der Waals surface area (Å²) in [7, 11) is -2.13. The van der Waals surface area contributed by atoms with Crippen LogP contribution in [0.4, 0.5) is 10.5 Å². The third kappa shape index (κ3) is 8.77. The minimum atomic E-state index is -3.81. The molecule has 3 rings (SSSR count). The first-order valence-corrected chi connectivity index (χ1v) is 13.3. The quantitative estimate of drug-likeness (QED) is 0.185. The molecule has 0 bridgehead atoms. The zero-order valence-electron chi connectivity index (χ0n) is 21.8. The number of hydrogen-bond acceptors (Lipinski definition) is 6. The van der Waals surface area contributed by atoms with E-state index >= 15 is 0 Å². The molecule has 0 aliphatic carbocycles. The molecule has 196 valence electrons. The van der Waals surface area contributed by atoms with Gasteiger partial charge in [0, 0.05) is 12.7 Å². The summed E-state index contributed by atoms with van der Waals surface area (Å²) in [6, 6.07) is 21.5. The highest BCUT2D eigenvalue weighted by molar-refractivity contribution is 7.86. The Bertz CT molecular complexity index is 1310. The number of ether oxygens (including phenoxy) is 2. The van der Waals surface area contributed by atoms with Gasteiger partial charge in [-0.05, 0) is 75.2 Å². The lowest BCUT2D eigenvalue weighted by Crippen LogP contribution is -2.34. The van der Waals surface area contributed by atoms with Crippen molar-refractivity contribution in [2.75, 3.05) is 25.2 Å². The Kier molecular flexibility index (Phi) is 9.13. The van der Waals surface area contributed by atoms with Crippen molar-refractivity contribution < 1.29 is 26.9 Å². The predicted molar refractivity (Wildman–Crippen MR) is 146 cm³/mol. The molecular weight excluding hydrogens is 490 g/mol. The summed E-state index contributed by atoms with van der Waals surface area (Å²) in [4.78, 5) is 13.8. The average Bonchev–Trinajstić information content (AvgIpc) is 2.85. The van der Waals surface area contributed by atoms with Crippen molar-refractivity contribution in [3.05, 3.63) is 89.5 Å². The van der Waals surface area contributed by atoms with Crippen LogP contribution in [0.5, 0.6) is 5.75 Å². The number of hydrogen-bond donors (Lipinski definition) is 0. The monoisotopic (exact) mass is 523 g/mol. The SMILES string of the molecule is Cc1ccc(S(=O)(=O)OCCOc2ccc(/C=C/c3ccc(N(C)C(=O)OC(C)(C)C)cc3)cc2)cc1. The van der Waals surface area contributed by atoms with Gasteiger partial charge in [0.05, 0.1) is 4.90 Å². The molecule has 0 aromatic heterocycles. The van der Waals surface area contributed by atoms with Crippen LogP contribution in [0, 0.1) is 6.92 Å². The number of rotatable bonds is 9. The first kappa shape index (κ1) is 28.0. The van der Waals surface area contributed by atoms with Gasteiger partial charge >= 0.3 is 6.09 Å². The summed E-state index contributed by atoms with van der Waals surface area (Å²) >= 11 is 0. The minimum Gasteiger partial charge on any atom is -0.491 e. The number of amides is 1. The molecule has 0 spiro atoms. The lowest BCUT2D eigenvalue weighted by atomic mass is 10.1. The Morgan fingerprint density at radius 2 is 1.38 bits per heavy atom. The van der Waals surface area contributed by atoms with Gasteiger partial charge in [0.15, 0.2) is 0 Å². The third-order valence-electron chi connectivity index (χ3n) is 5.20. The predicted octanol–water partition coefficient (Wildman–Crippen LogP) is 6.32. The average molecular weight is 524 g/mol. The van der Waals surface area contributed by atoms with E-state index < -0.39 is 21.8 Å². The standard InChI is InChI=1S/C29H33NO6S/c1-22-6-18-27(19-7-22)37(32,33)35-21-20-34-26-16-12-24(13-17-26)9-8-23-10-14-25(15-11-23)30(5)28(31)36-29(2,3)4/h6-19H,20-21H2,1-5H3/b9-8+. The van der Waals surface area contributed by atoms with Crippen molar-refractivity contribution in [1.82, 2.24) is 0 Å². The smallest absolute Gasteiger partial charge is 0.414 e. The van der Waals surface area contributed by atoms with Gasteiger partial charge in [-0.3, -0.25) is 9.08 Å². The Morgan fingerprint density at radius 1 is 0.838 bits per heavy atom. The van der Waals surface area contributed by atoms with E-state index in [1.54, 1.807) is 19.2 Å². The van der Waals surface area contributed by atoms with Crippen LogP contribution in [0.15, 0.2) is 77.7 Å². The lowest BCUT2D eigenvalue weighted by molar-refractivity contribution is 0.0589. The highest BCUT2D eigenvalue weighted by Gasteiger charge is 2.20. The van der Waals surface area contributed by atoms with E-state index in [1.807, 2.05) is 88.4 Å². The molecule has 0 aliphatic rings.